The van der Waals surface area contributed by atoms with Gasteiger partial charge in [-0.2, -0.15) is 16.9 Å². The summed E-state index contributed by atoms with van der Waals surface area (Å²) in [7, 11) is 3.94. The highest BCUT2D eigenvalue weighted by Gasteiger charge is 2.39. The first-order valence-corrected chi connectivity index (χ1v) is 12.6. The largest absolute Gasteiger partial charge is 0.354 e. The second-order valence-electron chi connectivity index (χ2n) is 9.11. The van der Waals surface area contributed by atoms with E-state index in [9.17, 15) is 0 Å². The van der Waals surface area contributed by atoms with E-state index in [1.807, 2.05) is 25.0 Å². The van der Waals surface area contributed by atoms with Crippen LogP contribution in [0.25, 0.3) is 0 Å². The molecule has 0 amide bonds. The van der Waals surface area contributed by atoms with Crippen LogP contribution in [-0.4, -0.2) is 82.4 Å². The minimum atomic E-state index is 0. The van der Waals surface area contributed by atoms with Gasteiger partial charge in [0.05, 0.1) is 6.20 Å². The molecule has 1 unspecified atom stereocenters. The van der Waals surface area contributed by atoms with Gasteiger partial charge in [0.25, 0.3) is 0 Å². The highest BCUT2D eigenvalue weighted by molar-refractivity contribution is 14.0. The van der Waals surface area contributed by atoms with Crippen molar-refractivity contribution in [3.8, 4) is 0 Å². The van der Waals surface area contributed by atoms with Crippen LogP contribution in [0.3, 0.4) is 0 Å². The summed E-state index contributed by atoms with van der Waals surface area (Å²) < 4.78 is 1.91. The molecule has 0 bridgehead atoms. The lowest BCUT2D eigenvalue weighted by molar-refractivity contribution is 0.0621. The molecule has 4 rings (SSSR count). The minimum absolute atomic E-state index is 0. The molecular weight excluding hydrogens is 507 g/mol. The number of guanidine groups is 1. The lowest BCUT2D eigenvalue weighted by Crippen LogP contribution is -2.60. The molecule has 6 nitrogen and oxygen atoms in total. The fraction of sp³-hybridized carbons (Fsp3) is 0.818. The molecule has 3 aliphatic rings. The van der Waals surface area contributed by atoms with E-state index in [1.165, 1.54) is 68.7 Å². The highest BCUT2D eigenvalue weighted by Crippen LogP contribution is 2.35. The molecule has 2 saturated heterocycles. The Morgan fingerprint density at radius 1 is 1.23 bits per heavy atom. The molecule has 2 aliphatic heterocycles. The lowest BCUT2D eigenvalue weighted by Gasteiger charge is -2.48. The smallest absolute Gasteiger partial charge is 0.193 e. The van der Waals surface area contributed by atoms with Gasteiger partial charge in [-0.1, -0.05) is 19.3 Å². The zero-order valence-corrected chi connectivity index (χ0v) is 21.8. The van der Waals surface area contributed by atoms with E-state index in [1.54, 1.807) is 0 Å². The van der Waals surface area contributed by atoms with E-state index in [4.69, 9.17) is 0 Å². The maximum atomic E-state index is 4.67. The molecule has 1 atom stereocenters. The number of hydrogen-bond donors (Lipinski definition) is 1. The predicted molar refractivity (Wildman–Crippen MR) is 138 cm³/mol. The van der Waals surface area contributed by atoms with Crippen molar-refractivity contribution in [2.24, 2.45) is 18.0 Å². The van der Waals surface area contributed by atoms with Gasteiger partial charge in [-0.05, 0) is 37.2 Å². The Labute approximate surface area is 203 Å². The first-order chi connectivity index (χ1) is 14.2. The molecule has 1 aromatic heterocycles. The van der Waals surface area contributed by atoms with E-state index >= 15 is 0 Å². The monoisotopic (exact) mass is 546 g/mol. The van der Waals surface area contributed by atoms with Crippen LogP contribution in [0.4, 0.5) is 0 Å². The molecule has 1 aromatic rings. The Kier molecular flexibility index (Phi) is 9.19. The SMILES string of the molecule is CN=C(NCC1(N2CCSCC2)CCCCC1)N1CCC(Cc2cnn(C)c2)C1.I. The zero-order chi connectivity index (χ0) is 20.1. The van der Waals surface area contributed by atoms with Crippen molar-refractivity contribution >= 4 is 41.7 Å². The van der Waals surface area contributed by atoms with Crippen LogP contribution in [0.2, 0.25) is 0 Å². The molecule has 30 heavy (non-hydrogen) atoms. The summed E-state index contributed by atoms with van der Waals surface area (Å²) >= 11 is 2.11. The van der Waals surface area contributed by atoms with Crippen molar-refractivity contribution in [2.75, 3.05) is 51.3 Å². The van der Waals surface area contributed by atoms with Crippen LogP contribution in [0, 0.1) is 5.92 Å². The maximum Gasteiger partial charge on any atom is 0.193 e. The summed E-state index contributed by atoms with van der Waals surface area (Å²) in [5.41, 5.74) is 1.69. The van der Waals surface area contributed by atoms with Gasteiger partial charge in [0.15, 0.2) is 5.96 Å². The predicted octanol–water partition coefficient (Wildman–Crippen LogP) is 3.23. The number of nitrogens with zero attached hydrogens (tertiary/aromatic N) is 5. The third kappa shape index (κ3) is 5.85. The minimum Gasteiger partial charge on any atom is -0.354 e. The summed E-state index contributed by atoms with van der Waals surface area (Å²) in [6, 6.07) is 0. The third-order valence-corrected chi connectivity index (χ3v) is 8.06. The molecule has 1 saturated carbocycles. The van der Waals surface area contributed by atoms with Gasteiger partial charge in [0, 0.05) is 70.1 Å². The van der Waals surface area contributed by atoms with Gasteiger partial charge in [-0.15, -0.1) is 24.0 Å². The Morgan fingerprint density at radius 3 is 2.67 bits per heavy atom. The Hall–Kier alpha value is -0.480. The number of aryl methyl sites for hydroxylation is 1. The average molecular weight is 547 g/mol. The standard InChI is InChI=1S/C22H38N6S.HI/c1-23-21(27-9-6-19(17-27)14-20-15-25-26(2)16-20)24-18-22(7-4-3-5-8-22)28-10-12-29-13-11-28;/h15-16,19H,3-14,17-18H2,1-2H3,(H,23,24);1H. The lowest BCUT2D eigenvalue weighted by atomic mass is 9.80. The number of likely N-dealkylation sites (tertiary alicyclic amines) is 1. The summed E-state index contributed by atoms with van der Waals surface area (Å²) in [6.45, 7) is 5.76. The molecule has 1 aliphatic carbocycles. The van der Waals surface area contributed by atoms with E-state index in [2.05, 4.69) is 43.2 Å². The highest BCUT2D eigenvalue weighted by atomic mass is 127. The molecule has 0 spiro atoms. The molecule has 170 valence electrons. The van der Waals surface area contributed by atoms with Gasteiger partial charge < -0.3 is 10.2 Å². The quantitative estimate of drug-likeness (QED) is 0.349. The van der Waals surface area contributed by atoms with Crippen molar-refractivity contribution in [3.63, 3.8) is 0 Å². The average Bonchev–Trinajstić information content (AvgIpc) is 3.39. The zero-order valence-electron chi connectivity index (χ0n) is 18.7. The Bertz CT molecular complexity index is 681. The van der Waals surface area contributed by atoms with Gasteiger partial charge in [0.2, 0.25) is 0 Å². The van der Waals surface area contributed by atoms with Crippen molar-refractivity contribution in [1.29, 1.82) is 0 Å². The topological polar surface area (TPSA) is 48.7 Å². The van der Waals surface area contributed by atoms with Gasteiger partial charge >= 0.3 is 0 Å². The van der Waals surface area contributed by atoms with E-state index in [-0.39, 0.29) is 24.0 Å². The number of aliphatic imine (C=N–C) groups is 1. The third-order valence-electron chi connectivity index (χ3n) is 7.12. The molecule has 3 fully saturated rings. The van der Waals surface area contributed by atoms with Crippen molar-refractivity contribution in [1.82, 2.24) is 24.9 Å². The molecule has 1 N–H and O–H groups in total. The first-order valence-electron chi connectivity index (χ1n) is 11.4. The second kappa shape index (κ2) is 11.4. The first kappa shape index (κ1) is 24.2. The number of nitrogens with one attached hydrogen (secondary N) is 1. The summed E-state index contributed by atoms with van der Waals surface area (Å²) in [5, 5.41) is 8.14. The molecular formula is C22H39IN6S. The van der Waals surface area contributed by atoms with Crippen LogP contribution < -0.4 is 5.32 Å². The number of hydrogen-bond acceptors (Lipinski definition) is 4. The van der Waals surface area contributed by atoms with Crippen LogP contribution >= 0.6 is 35.7 Å². The number of thioether (sulfide) groups is 1. The fourth-order valence-electron chi connectivity index (χ4n) is 5.53. The number of rotatable bonds is 5. The number of aromatic nitrogens is 2. The Balaban J connectivity index is 0.00000256. The normalized spacial score (nSPS) is 25.2. The fourth-order valence-corrected chi connectivity index (χ4v) is 6.43. The summed E-state index contributed by atoms with van der Waals surface area (Å²) in [5.74, 6) is 4.38. The van der Waals surface area contributed by atoms with Crippen LogP contribution in [0.5, 0.6) is 0 Å². The van der Waals surface area contributed by atoms with E-state index in [0.717, 1.165) is 32.0 Å². The second-order valence-corrected chi connectivity index (χ2v) is 10.3. The molecule has 0 aromatic carbocycles. The Morgan fingerprint density at radius 2 is 2.00 bits per heavy atom. The van der Waals surface area contributed by atoms with Crippen LogP contribution in [-0.2, 0) is 13.5 Å². The molecule has 3 heterocycles. The van der Waals surface area contributed by atoms with Crippen LogP contribution in [0.1, 0.15) is 44.1 Å². The van der Waals surface area contributed by atoms with Crippen LogP contribution in [0.15, 0.2) is 17.4 Å². The van der Waals surface area contributed by atoms with E-state index in [0.29, 0.717) is 11.5 Å². The molecule has 0 radical (unpaired) electrons. The number of halogens is 1. The van der Waals surface area contributed by atoms with Gasteiger partial charge in [0.1, 0.15) is 0 Å². The molecule has 8 heteroatoms. The van der Waals surface area contributed by atoms with E-state index < -0.39 is 0 Å². The van der Waals surface area contributed by atoms with Gasteiger partial charge in [-0.3, -0.25) is 14.6 Å². The summed E-state index contributed by atoms with van der Waals surface area (Å²) in [6.07, 6.45) is 13.4. The summed E-state index contributed by atoms with van der Waals surface area (Å²) in [4.78, 5) is 9.95. The maximum absolute atomic E-state index is 4.67. The van der Waals surface area contributed by atoms with Crippen molar-refractivity contribution in [3.05, 3.63) is 18.0 Å². The van der Waals surface area contributed by atoms with Gasteiger partial charge in [-0.25, -0.2) is 0 Å². The van der Waals surface area contributed by atoms with Crippen molar-refractivity contribution < 1.29 is 0 Å². The van der Waals surface area contributed by atoms with Crippen molar-refractivity contribution in [2.45, 2.75) is 50.5 Å².